The van der Waals surface area contributed by atoms with Crippen LogP contribution >= 0.6 is 11.8 Å². The van der Waals surface area contributed by atoms with Gasteiger partial charge < -0.3 is 14.9 Å². The second kappa shape index (κ2) is 5.87. The Morgan fingerprint density at radius 1 is 0.800 bits per heavy atom. The van der Waals surface area contributed by atoms with Crippen LogP contribution in [0.25, 0.3) is 0 Å². The molecule has 1 aliphatic heterocycles. The first-order valence-electron chi connectivity index (χ1n) is 6.64. The Kier molecular flexibility index (Phi) is 3.96. The summed E-state index contributed by atoms with van der Waals surface area (Å²) in [6.45, 7) is 0.214. The summed E-state index contributed by atoms with van der Waals surface area (Å²) in [5.41, 5.74) is 2.03. The van der Waals surface area contributed by atoms with Crippen molar-refractivity contribution in [3.63, 3.8) is 0 Å². The van der Waals surface area contributed by atoms with Gasteiger partial charge in [0.05, 0.1) is 9.79 Å². The van der Waals surface area contributed by atoms with Gasteiger partial charge in [-0.15, -0.1) is 0 Å². The number of rotatable bonds is 4. The molecular formula is C16H16O3S. The lowest BCUT2D eigenvalue weighted by Crippen LogP contribution is -2.04. The van der Waals surface area contributed by atoms with Crippen LogP contribution in [0.4, 0.5) is 0 Å². The fourth-order valence-electron chi connectivity index (χ4n) is 2.37. The van der Waals surface area contributed by atoms with Crippen LogP contribution in [0.1, 0.15) is 11.1 Å². The summed E-state index contributed by atoms with van der Waals surface area (Å²) in [6.07, 6.45) is 1.17. The SMILES string of the molecule is OCCc1cccc2c1Oc1c(CCO)cccc1S2. The Labute approximate surface area is 122 Å². The molecule has 2 aromatic carbocycles. The molecule has 2 N–H and O–H groups in total. The quantitative estimate of drug-likeness (QED) is 0.775. The van der Waals surface area contributed by atoms with Crippen LogP contribution in [-0.2, 0) is 12.8 Å². The van der Waals surface area contributed by atoms with E-state index in [-0.39, 0.29) is 13.2 Å². The smallest absolute Gasteiger partial charge is 0.144 e. The average Bonchev–Trinajstić information content (AvgIpc) is 2.47. The normalized spacial score (nSPS) is 12.5. The van der Waals surface area contributed by atoms with E-state index in [4.69, 9.17) is 14.9 Å². The zero-order chi connectivity index (χ0) is 13.9. The van der Waals surface area contributed by atoms with E-state index in [1.165, 1.54) is 0 Å². The second-order valence-electron chi connectivity index (χ2n) is 4.64. The van der Waals surface area contributed by atoms with Crippen molar-refractivity contribution >= 4 is 11.8 Å². The highest BCUT2D eigenvalue weighted by molar-refractivity contribution is 7.99. The monoisotopic (exact) mass is 288 g/mol. The third-order valence-corrected chi connectivity index (χ3v) is 4.39. The van der Waals surface area contributed by atoms with Gasteiger partial charge in [0, 0.05) is 13.2 Å². The Bertz CT molecular complexity index is 572. The van der Waals surface area contributed by atoms with Crippen LogP contribution in [0.2, 0.25) is 0 Å². The maximum Gasteiger partial charge on any atom is 0.144 e. The number of para-hydroxylation sites is 2. The lowest BCUT2D eigenvalue weighted by molar-refractivity contribution is 0.295. The van der Waals surface area contributed by atoms with Gasteiger partial charge in [0.1, 0.15) is 11.5 Å². The van der Waals surface area contributed by atoms with Gasteiger partial charge in [-0.1, -0.05) is 36.0 Å². The summed E-state index contributed by atoms with van der Waals surface area (Å²) < 4.78 is 6.10. The summed E-state index contributed by atoms with van der Waals surface area (Å²) in [5, 5.41) is 18.3. The van der Waals surface area contributed by atoms with Crippen molar-refractivity contribution in [2.75, 3.05) is 13.2 Å². The molecule has 0 aromatic heterocycles. The highest BCUT2D eigenvalue weighted by atomic mass is 32.2. The fraction of sp³-hybridized carbons (Fsp3) is 0.250. The zero-order valence-electron chi connectivity index (χ0n) is 11.0. The van der Waals surface area contributed by atoms with Crippen LogP contribution in [-0.4, -0.2) is 23.4 Å². The average molecular weight is 288 g/mol. The summed E-state index contributed by atoms with van der Waals surface area (Å²) in [6, 6.07) is 12.0. The lowest BCUT2D eigenvalue weighted by Gasteiger charge is -2.24. The van der Waals surface area contributed by atoms with Crippen molar-refractivity contribution in [2.45, 2.75) is 22.6 Å². The minimum Gasteiger partial charge on any atom is -0.454 e. The summed E-state index contributed by atoms with van der Waals surface area (Å²) in [5.74, 6) is 1.67. The second-order valence-corrected chi connectivity index (χ2v) is 5.72. The molecule has 1 heterocycles. The van der Waals surface area contributed by atoms with Crippen LogP contribution in [0.15, 0.2) is 46.2 Å². The third-order valence-electron chi connectivity index (χ3n) is 3.31. The first kappa shape index (κ1) is 13.5. The molecule has 0 unspecified atom stereocenters. The van der Waals surface area contributed by atoms with E-state index >= 15 is 0 Å². The van der Waals surface area contributed by atoms with Crippen molar-refractivity contribution in [1.82, 2.24) is 0 Å². The van der Waals surface area contributed by atoms with Gasteiger partial charge in [0.25, 0.3) is 0 Å². The largest absolute Gasteiger partial charge is 0.454 e. The van der Waals surface area contributed by atoms with Crippen molar-refractivity contribution in [2.24, 2.45) is 0 Å². The predicted molar refractivity (Wildman–Crippen MR) is 78.7 cm³/mol. The Morgan fingerprint density at radius 3 is 1.75 bits per heavy atom. The van der Waals surface area contributed by atoms with E-state index in [0.717, 1.165) is 32.4 Å². The van der Waals surface area contributed by atoms with E-state index < -0.39 is 0 Å². The Hall–Kier alpha value is -1.49. The molecule has 3 nitrogen and oxygen atoms in total. The maximum absolute atomic E-state index is 9.16. The molecule has 0 bridgehead atoms. The lowest BCUT2D eigenvalue weighted by atomic mass is 10.1. The fourth-order valence-corrected chi connectivity index (χ4v) is 3.43. The Morgan fingerprint density at radius 2 is 1.30 bits per heavy atom. The number of aliphatic hydroxyl groups excluding tert-OH is 2. The van der Waals surface area contributed by atoms with E-state index in [1.54, 1.807) is 11.8 Å². The van der Waals surface area contributed by atoms with Crippen LogP contribution in [0, 0.1) is 0 Å². The van der Waals surface area contributed by atoms with Crippen LogP contribution in [0.5, 0.6) is 11.5 Å². The molecule has 0 saturated carbocycles. The highest BCUT2D eigenvalue weighted by Gasteiger charge is 2.22. The summed E-state index contributed by atoms with van der Waals surface area (Å²) in [4.78, 5) is 2.15. The van der Waals surface area contributed by atoms with E-state index in [1.807, 2.05) is 36.4 Å². The topological polar surface area (TPSA) is 49.7 Å². The van der Waals surface area contributed by atoms with Crippen molar-refractivity contribution in [3.8, 4) is 11.5 Å². The number of fused-ring (bicyclic) bond motifs is 2. The Balaban J connectivity index is 2.03. The molecule has 0 atom stereocenters. The third kappa shape index (κ3) is 2.42. The van der Waals surface area contributed by atoms with E-state index in [9.17, 15) is 0 Å². The first-order valence-corrected chi connectivity index (χ1v) is 7.46. The van der Waals surface area contributed by atoms with Gasteiger partial charge in [-0.3, -0.25) is 0 Å². The molecule has 2 aromatic rings. The molecule has 0 amide bonds. The standard InChI is InChI=1S/C16H16O3S/c17-9-7-11-3-1-5-13-15(11)19-16-12(8-10-18)4-2-6-14(16)20-13/h1-6,17-18H,7-10H2. The molecule has 0 aliphatic carbocycles. The van der Waals surface area contributed by atoms with Gasteiger partial charge >= 0.3 is 0 Å². The number of hydrogen-bond donors (Lipinski definition) is 2. The highest BCUT2D eigenvalue weighted by Crippen LogP contribution is 2.49. The van der Waals surface area contributed by atoms with Gasteiger partial charge in [0.15, 0.2) is 0 Å². The molecule has 20 heavy (non-hydrogen) atoms. The van der Waals surface area contributed by atoms with E-state index in [2.05, 4.69) is 0 Å². The van der Waals surface area contributed by atoms with Crippen molar-refractivity contribution < 1.29 is 14.9 Å². The van der Waals surface area contributed by atoms with E-state index in [0.29, 0.717) is 12.8 Å². The molecule has 0 spiro atoms. The molecule has 104 valence electrons. The molecule has 0 fully saturated rings. The van der Waals surface area contributed by atoms with Gasteiger partial charge in [-0.05, 0) is 36.1 Å². The molecule has 0 saturated heterocycles. The van der Waals surface area contributed by atoms with Crippen molar-refractivity contribution in [3.05, 3.63) is 47.5 Å². The molecule has 1 aliphatic rings. The number of hydrogen-bond acceptors (Lipinski definition) is 4. The van der Waals surface area contributed by atoms with Crippen LogP contribution in [0.3, 0.4) is 0 Å². The minimum atomic E-state index is 0.107. The number of benzene rings is 2. The predicted octanol–water partition coefficient (Wildman–Crippen LogP) is 3.01. The summed E-state index contributed by atoms with van der Waals surface area (Å²) >= 11 is 1.67. The molecule has 4 heteroatoms. The molecular weight excluding hydrogens is 272 g/mol. The molecule has 0 radical (unpaired) electrons. The number of aliphatic hydroxyl groups is 2. The van der Waals surface area contributed by atoms with Crippen LogP contribution < -0.4 is 4.74 Å². The van der Waals surface area contributed by atoms with Crippen molar-refractivity contribution in [1.29, 1.82) is 0 Å². The summed E-state index contributed by atoms with van der Waals surface area (Å²) in [7, 11) is 0. The zero-order valence-corrected chi connectivity index (χ0v) is 11.8. The van der Waals surface area contributed by atoms with Gasteiger partial charge in [0.2, 0.25) is 0 Å². The number of ether oxygens (including phenoxy) is 1. The van der Waals surface area contributed by atoms with Gasteiger partial charge in [-0.25, -0.2) is 0 Å². The minimum absolute atomic E-state index is 0.107. The first-order chi connectivity index (χ1) is 9.83. The maximum atomic E-state index is 9.16. The molecule has 3 rings (SSSR count). The van der Waals surface area contributed by atoms with Gasteiger partial charge in [-0.2, -0.15) is 0 Å².